The van der Waals surface area contributed by atoms with Crippen molar-refractivity contribution < 1.29 is 24.5 Å². The van der Waals surface area contributed by atoms with E-state index in [2.05, 4.69) is 157 Å². The zero-order chi connectivity index (χ0) is 36.3. The van der Waals surface area contributed by atoms with Crippen LogP contribution in [0.2, 0.25) is 19.6 Å². The Hall–Kier alpha value is -4.15. The van der Waals surface area contributed by atoms with Gasteiger partial charge in [-0.15, -0.1) is 54.1 Å². The fraction of sp³-hybridized carbons (Fsp3) is 0.277. The van der Waals surface area contributed by atoms with Crippen molar-refractivity contribution in [3.05, 3.63) is 139 Å². The summed E-state index contributed by atoms with van der Waals surface area (Å²) in [4.78, 5) is 9.37. The number of furan rings is 1. The van der Waals surface area contributed by atoms with E-state index in [0.717, 1.165) is 62.0 Å². The normalized spacial score (nSPS) is 12.3. The van der Waals surface area contributed by atoms with Crippen molar-refractivity contribution in [2.24, 2.45) is 11.3 Å². The van der Waals surface area contributed by atoms with Crippen LogP contribution in [0.5, 0.6) is 0 Å². The van der Waals surface area contributed by atoms with Crippen LogP contribution in [0.25, 0.3) is 55.6 Å². The van der Waals surface area contributed by atoms with Crippen LogP contribution in [0.4, 0.5) is 0 Å². The van der Waals surface area contributed by atoms with E-state index in [1.165, 1.54) is 16.3 Å². The molecule has 3 aromatic heterocycles. The van der Waals surface area contributed by atoms with Crippen molar-refractivity contribution in [1.29, 1.82) is 0 Å². The van der Waals surface area contributed by atoms with Crippen molar-refractivity contribution in [2.45, 2.75) is 73.5 Å². The Morgan fingerprint density at radius 3 is 2.13 bits per heavy atom. The van der Waals surface area contributed by atoms with E-state index in [9.17, 15) is 0 Å². The molecule has 0 amide bonds. The van der Waals surface area contributed by atoms with E-state index in [1.54, 1.807) is 0 Å². The summed E-state index contributed by atoms with van der Waals surface area (Å²) in [6.07, 6.45) is 5.10. The van der Waals surface area contributed by atoms with E-state index in [0.29, 0.717) is 11.8 Å². The molecular formula is C47H50IrN2OSi-2. The summed E-state index contributed by atoms with van der Waals surface area (Å²) < 4.78 is 6.50. The summed E-state index contributed by atoms with van der Waals surface area (Å²) in [6.45, 7) is 20.9. The molecule has 0 fully saturated rings. The van der Waals surface area contributed by atoms with Crippen LogP contribution in [0.1, 0.15) is 58.6 Å². The van der Waals surface area contributed by atoms with Gasteiger partial charge in [0.2, 0.25) is 0 Å². The summed E-state index contributed by atoms with van der Waals surface area (Å²) in [5.74, 6) is 1.03. The van der Waals surface area contributed by atoms with Gasteiger partial charge in [0.25, 0.3) is 0 Å². The minimum Gasteiger partial charge on any atom is -0.500 e. The molecule has 0 saturated carbocycles. The Bertz CT molecular complexity index is 2250. The summed E-state index contributed by atoms with van der Waals surface area (Å²) in [7, 11) is -1.37. The Kier molecular flexibility index (Phi) is 12.2. The molecule has 0 saturated heterocycles. The van der Waals surface area contributed by atoms with Gasteiger partial charge >= 0.3 is 0 Å². The van der Waals surface area contributed by atoms with Crippen LogP contribution >= 0.6 is 0 Å². The first-order valence-corrected chi connectivity index (χ1v) is 21.6. The Morgan fingerprint density at radius 2 is 1.46 bits per heavy atom. The molecule has 269 valence electrons. The molecule has 7 rings (SSSR count). The van der Waals surface area contributed by atoms with Crippen LogP contribution in [0.3, 0.4) is 0 Å². The molecule has 0 spiro atoms. The molecule has 1 atom stereocenters. The molecule has 3 heterocycles. The Balaban J connectivity index is 0.000000210. The predicted octanol–water partition coefficient (Wildman–Crippen LogP) is 12.6. The molecule has 0 bridgehead atoms. The maximum atomic E-state index is 6.50. The maximum absolute atomic E-state index is 6.50. The zero-order valence-electron chi connectivity index (χ0n) is 32.0. The number of pyridine rings is 2. The monoisotopic (exact) mass is 879 g/mol. The van der Waals surface area contributed by atoms with Gasteiger partial charge in [0.1, 0.15) is 5.58 Å². The molecular weight excluding hydrogens is 829 g/mol. The number of fused-ring (bicyclic) bond motifs is 3. The van der Waals surface area contributed by atoms with Gasteiger partial charge in [0.15, 0.2) is 0 Å². The predicted molar refractivity (Wildman–Crippen MR) is 219 cm³/mol. The standard InChI is InChI=1S/C28H24NO.C19H26NSi.Ir/c1-18(2)19(3)21-15-16-29-26(17-21)25-14-8-13-24-23-12-7-11-22(27(23)30-28(24)25)20-9-5-4-6-10-20;1-19(2,3)13-16-12-17(15-10-8-7-9-11-15)20-14-18(16)21(4,5)6;/h4-13,15-19H,1-3H3;7-10,12,14H,13H2,1-6H3;/q2*-1;. The quantitative estimate of drug-likeness (QED) is 0.118. The molecule has 5 heteroatoms. The van der Waals surface area contributed by atoms with Gasteiger partial charge in [-0.2, -0.15) is 0 Å². The second-order valence-electron chi connectivity index (χ2n) is 16.2. The van der Waals surface area contributed by atoms with E-state index in [-0.39, 0.29) is 25.5 Å². The molecule has 0 N–H and O–H groups in total. The first-order valence-electron chi connectivity index (χ1n) is 18.1. The van der Waals surface area contributed by atoms with Crippen molar-refractivity contribution >= 4 is 35.2 Å². The summed E-state index contributed by atoms with van der Waals surface area (Å²) in [5, 5.41) is 3.70. The third kappa shape index (κ3) is 8.89. The molecule has 7 aromatic rings. The van der Waals surface area contributed by atoms with Crippen molar-refractivity contribution in [3.8, 4) is 33.6 Å². The third-order valence-corrected chi connectivity index (χ3v) is 11.7. The number of para-hydroxylation sites is 1. The van der Waals surface area contributed by atoms with Crippen LogP contribution < -0.4 is 5.19 Å². The number of benzene rings is 4. The number of nitrogens with zero attached hydrogens (tertiary/aromatic N) is 2. The second kappa shape index (κ2) is 16.2. The first-order chi connectivity index (χ1) is 24.3. The minimum absolute atomic E-state index is 0. The molecule has 1 unspecified atom stereocenters. The molecule has 4 aromatic carbocycles. The van der Waals surface area contributed by atoms with Gasteiger partial charge in [-0.1, -0.05) is 144 Å². The fourth-order valence-corrected chi connectivity index (χ4v) is 8.22. The molecule has 52 heavy (non-hydrogen) atoms. The van der Waals surface area contributed by atoms with Crippen LogP contribution in [-0.4, -0.2) is 18.0 Å². The Morgan fingerprint density at radius 1 is 0.731 bits per heavy atom. The van der Waals surface area contributed by atoms with E-state index < -0.39 is 8.07 Å². The van der Waals surface area contributed by atoms with E-state index in [1.807, 2.05) is 36.5 Å². The molecule has 1 radical (unpaired) electrons. The molecule has 3 nitrogen and oxygen atoms in total. The average molecular weight is 879 g/mol. The SMILES string of the molecule is CC(C)(C)Cc1cc(-c2[c-]cccc2)ncc1[Si](C)(C)C.CC(C)C(C)c1ccnc(-c2[c-]ccc3c2oc2c(-c4ccccc4)cccc23)c1.[Ir]. The smallest absolute Gasteiger partial charge is 0.128 e. The molecule has 0 aliphatic rings. The molecule has 0 aliphatic carbocycles. The van der Waals surface area contributed by atoms with Gasteiger partial charge in [-0.05, 0) is 51.9 Å². The van der Waals surface area contributed by atoms with Crippen molar-refractivity contribution in [2.75, 3.05) is 0 Å². The summed E-state index contributed by atoms with van der Waals surface area (Å²) >= 11 is 0. The van der Waals surface area contributed by atoms with Crippen LogP contribution in [-0.2, 0) is 26.5 Å². The summed E-state index contributed by atoms with van der Waals surface area (Å²) in [6, 6.07) is 42.1. The summed E-state index contributed by atoms with van der Waals surface area (Å²) in [5.41, 5.74) is 11.0. The van der Waals surface area contributed by atoms with Gasteiger partial charge in [-0.3, -0.25) is 0 Å². The maximum Gasteiger partial charge on any atom is 0.128 e. The first kappa shape index (κ1) is 39.1. The Labute approximate surface area is 325 Å². The van der Waals surface area contributed by atoms with Crippen molar-refractivity contribution in [1.82, 2.24) is 9.97 Å². The number of hydrogen-bond acceptors (Lipinski definition) is 3. The second-order valence-corrected chi connectivity index (χ2v) is 21.3. The minimum atomic E-state index is -1.37. The van der Waals surface area contributed by atoms with Gasteiger partial charge in [-0.25, -0.2) is 0 Å². The largest absolute Gasteiger partial charge is 0.500 e. The zero-order valence-corrected chi connectivity index (χ0v) is 35.4. The van der Waals surface area contributed by atoms with Crippen molar-refractivity contribution in [3.63, 3.8) is 0 Å². The van der Waals surface area contributed by atoms with Gasteiger partial charge in [0.05, 0.1) is 13.7 Å². The topological polar surface area (TPSA) is 38.9 Å². The van der Waals surface area contributed by atoms with Gasteiger partial charge in [0, 0.05) is 43.4 Å². The average Bonchev–Trinajstić information content (AvgIpc) is 3.50. The number of rotatable bonds is 7. The van der Waals surface area contributed by atoms with Gasteiger partial charge < -0.3 is 14.4 Å². The van der Waals surface area contributed by atoms with E-state index >= 15 is 0 Å². The van der Waals surface area contributed by atoms with E-state index in [4.69, 9.17) is 9.40 Å². The van der Waals surface area contributed by atoms with Crippen LogP contribution in [0.15, 0.2) is 120 Å². The third-order valence-electron chi connectivity index (χ3n) is 9.61. The van der Waals surface area contributed by atoms with Crippen LogP contribution in [0, 0.1) is 23.5 Å². The fourth-order valence-electron chi connectivity index (χ4n) is 6.64. The number of aromatic nitrogens is 2. The molecule has 0 aliphatic heterocycles. The number of hydrogen-bond donors (Lipinski definition) is 0.